The number of hydrogen-bond donors (Lipinski definition) is 1. The van der Waals surface area contributed by atoms with Gasteiger partial charge in [-0.3, -0.25) is 9.48 Å². The minimum absolute atomic E-state index is 0.187. The number of benzene rings is 2. The van der Waals surface area contributed by atoms with E-state index in [1.165, 1.54) is 0 Å². The number of ether oxygens (including phenoxy) is 2. The van der Waals surface area contributed by atoms with Gasteiger partial charge in [0.2, 0.25) is 6.79 Å². The maximum atomic E-state index is 12.3. The molecule has 0 aliphatic carbocycles. The summed E-state index contributed by atoms with van der Waals surface area (Å²) in [5, 5.41) is 7.79. The van der Waals surface area contributed by atoms with Crippen molar-refractivity contribution in [2.75, 3.05) is 6.79 Å². The van der Waals surface area contributed by atoms with Crippen molar-refractivity contribution >= 4 is 17.5 Å². The van der Waals surface area contributed by atoms with Crippen molar-refractivity contribution in [1.82, 2.24) is 15.1 Å². The Kier molecular flexibility index (Phi) is 4.50. The zero-order chi connectivity index (χ0) is 17.9. The summed E-state index contributed by atoms with van der Waals surface area (Å²) in [6, 6.07) is 13.2. The van der Waals surface area contributed by atoms with Crippen LogP contribution in [0.2, 0.25) is 5.02 Å². The Morgan fingerprint density at radius 2 is 2.04 bits per heavy atom. The Hall–Kier alpha value is -2.99. The number of nitrogens with one attached hydrogen (secondary N) is 1. The standard InChI is InChI=1S/C19H16ClN3O3/c20-16-4-2-1-3-14(16)10-23-11-15(9-22-23)19(24)21-8-13-5-6-17-18(7-13)26-12-25-17/h1-7,9,11H,8,10,12H2,(H,21,24). The van der Waals surface area contributed by atoms with Crippen molar-refractivity contribution in [3.63, 3.8) is 0 Å². The molecule has 0 atom stereocenters. The Balaban J connectivity index is 1.38. The summed E-state index contributed by atoms with van der Waals surface area (Å²) in [6.45, 7) is 1.13. The Bertz CT molecular complexity index is 955. The molecule has 1 amide bonds. The zero-order valence-electron chi connectivity index (χ0n) is 13.8. The molecule has 7 heteroatoms. The van der Waals surface area contributed by atoms with Crippen molar-refractivity contribution in [3.05, 3.63) is 76.6 Å². The van der Waals surface area contributed by atoms with E-state index in [2.05, 4.69) is 10.4 Å². The normalized spacial score (nSPS) is 12.2. The average molecular weight is 370 g/mol. The van der Waals surface area contributed by atoms with Crippen LogP contribution in [-0.2, 0) is 13.1 Å². The number of nitrogens with zero attached hydrogens (tertiary/aromatic N) is 2. The third-order valence-corrected chi connectivity index (χ3v) is 4.44. The Morgan fingerprint density at radius 3 is 2.92 bits per heavy atom. The predicted octanol–water partition coefficient (Wildman–Crippen LogP) is 3.24. The molecule has 2 aromatic carbocycles. The molecule has 26 heavy (non-hydrogen) atoms. The molecule has 2 heterocycles. The quantitative estimate of drug-likeness (QED) is 0.749. The van der Waals surface area contributed by atoms with Crippen molar-refractivity contribution in [2.45, 2.75) is 13.1 Å². The number of carbonyl (C=O) groups excluding carboxylic acids is 1. The van der Waals surface area contributed by atoms with E-state index in [0.29, 0.717) is 29.4 Å². The summed E-state index contributed by atoms with van der Waals surface area (Å²) >= 11 is 6.16. The Labute approximate surface area is 155 Å². The molecule has 0 saturated carbocycles. The summed E-state index contributed by atoms with van der Waals surface area (Å²) in [6.07, 6.45) is 3.25. The monoisotopic (exact) mass is 369 g/mol. The van der Waals surface area contributed by atoms with Gasteiger partial charge in [-0.05, 0) is 29.3 Å². The molecule has 1 N–H and O–H groups in total. The lowest BCUT2D eigenvalue weighted by molar-refractivity contribution is 0.0950. The third-order valence-electron chi connectivity index (χ3n) is 4.08. The van der Waals surface area contributed by atoms with Crippen LogP contribution in [0.4, 0.5) is 0 Å². The fraction of sp³-hybridized carbons (Fsp3) is 0.158. The lowest BCUT2D eigenvalue weighted by atomic mass is 10.2. The fourth-order valence-electron chi connectivity index (χ4n) is 2.70. The van der Waals surface area contributed by atoms with E-state index in [1.807, 2.05) is 42.5 Å². The second-order valence-corrected chi connectivity index (χ2v) is 6.30. The topological polar surface area (TPSA) is 65.4 Å². The first-order valence-corrected chi connectivity index (χ1v) is 8.49. The minimum Gasteiger partial charge on any atom is -0.454 e. The van der Waals surface area contributed by atoms with Gasteiger partial charge in [-0.1, -0.05) is 35.9 Å². The zero-order valence-corrected chi connectivity index (χ0v) is 14.6. The molecule has 1 aliphatic rings. The number of aromatic nitrogens is 2. The molecule has 0 radical (unpaired) electrons. The minimum atomic E-state index is -0.187. The smallest absolute Gasteiger partial charge is 0.254 e. The first-order valence-electron chi connectivity index (χ1n) is 8.11. The van der Waals surface area contributed by atoms with Crippen molar-refractivity contribution in [3.8, 4) is 11.5 Å². The highest BCUT2D eigenvalue weighted by Gasteiger charge is 2.14. The summed E-state index contributed by atoms with van der Waals surface area (Å²) < 4.78 is 12.3. The van der Waals surface area contributed by atoms with Gasteiger partial charge in [-0.2, -0.15) is 5.10 Å². The van der Waals surface area contributed by atoms with Gasteiger partial charge in [-0.15, -0.1) is 0 Å². The van der Waals surface area contributed by atoms with Gasteiger partial charge in [0.25, 0.3) is 5.91 Å². The maximum absolute atomic E-state index is 12.3. The van der Waals surface area contributed by atoms with Crippen LogP contribution in [0, 0.1) is 0 Å². The van der Waals surface area contributed by atoms with Crippen LogP contribution in [0.25, 0.3) is 0 Å². The highest BCUT2D eigenvalue weighted by molar-refractivity contribution is 6.31. The van der Waals surface area contributed by atoms with E-state index in [4.69, 9.17) is 21.1 Å². The lowest BCUT2D eigenvalue weighted by Crippen LogP contribution is -2.22. The maximum Gasteiger partial charge on any atom is 0.254 e. The molecular formula is C19H16ClN3O3. The van der Waals surface area contributed by atoms with E-state index in [0.717, 1.165) is 16.9 Å². The molecular weight excluding hydrogens is 354 g/mol. The molecule has 0 bridgehead atoms. The first kappa shape index (κ1) is 16.5. The predicted molar refractivity (Wildman–Crippen MR) is 96.5 cm³/mol. The molecule has 0 unspecified atom stereocenters. The summed E-state index contributed by atoms with van der Waals surface area (Å²) in [4.78, 5) is 12.3. The second-order valence-electron chi connectivity index (χ2n) is 5.89. The summed E-state index contributed by atoms with van der Waals surface area (Å²) in [5.74, 6) is 1.23. The van der Waals surface area contributed by atoms with E-state index in [-0.39, 0.29) is 12.7 Å². The molecule has 1 aromatic heterocycles. The van der Waals surface area contributed by atoms with Gasteiger partial charge in [0, 0.05) is 17.8 Å². The molecule has 132 valence electrons. The average Bonchev–Trinajstić information content (AvgIpc) is 3.30. The van der Waals surface area contributed by atoms with Gasteiger partial charge in [0.15, 0.2) is 11.5 Å². The number of hydrogen-bond acceptors (Lipinski definition) is 4. The molecule has 0 spiro atoms. The van der Waals surface area contributed by atoms with Crippen LogP contribution in [0.3, 0.4) is 0 Å². The molecule has 0 fully saturated rings. The van der Waals surface area contributed by atoms with Gasteiger partial charge < -0.3 is 14.8 Å². The van der Waals surface area contributed by atoms with E-state index in [9.17, 15) is 4.79 Å². The van der Waals surface area contributed by atoms with E-state index >= 15 is 0 Å². The van der Waals surface area contributed by atoms with Gasteiger partial charge in [0.1, 0.15) is 0 Å². The molecule has 0 saturated heterocycles. The van der Waals surface area contributed by atoms with Gasteiger partial charge in [0.05, 0.1) is 18.3 Å². The number of fused-ring (bicyclic) bond motifs is 1. The number of carbonyl (C=O) groups is 1. The van der Waals surface area contributed by atoms with Crippen LogP contribution in [0.15, 0.2) is 54.9 Å². The molecule has 4 rings (SSSR count). The van der Waals surface area contributed by atoms with Crippen molar-refractivity contribution < 1.29 is 14.3 Å². The molecule has 1 aliphatic heterocycles. The van der Waals surface area contributed by atoms with Crippen LogP contribution in [0.5, 0.6) is 11.5 Å². The van der Waals surface area contributed by atoms with Crippen LogP contribution < -0.4 is 14.8 Å². The number of rotatable bonds is 5. The van der Waals surface area contributed by atoms with Crippen LogP contribution in [-0.4, -0.2) is 22.5 Å². The van der Waals surface area contributed by atoms with Crippen molar-refractivity contribution in [2.24, 2.45) is 0 Å². The highest BCUT2D eigenvalue weighted by Crippen LogP contribution is 2.32. The van der Waals surface area contributed by atoms with Crippen LogP contribution in [0.1, 0.15) is 21.5 Å². The fourth-order valence-corrected chi connectivity index (χ4v) is 2.90. The van der Waals surface area contributed by atoms with Crippen molar-refractivity contribution in [1.29, 1.82) is 0 Å². The van der Waals surface area contributed by atoms with E-state index in [1.54, 1.807) is 17.1 Å². The third kappa shape index (κ3) is 3.50. The number of amides is 1. The van der Waals surface area contributed by atoms with Gasteiger partial charge in [-0.25, -0.2) is 0 Å². The van der Waals surface area contributed by atoms with Gasteiger partial charge >= 0.3 is 0 Å². The summed E-state index contributed by atoms with van der Waals surface area (Å²) in [5.41, 5.74) is 2.38. The Morgan fingerprint density at radius 1 is 1.19 bits per heavy atom. The lowest BCUT2D eigenvalue weighted by Gasteiger charge is -2.05. The highest BCUT2D eigenvalue weighted by atomic mass is 35.5. The summed E-state index contributed by atoms with van der Waals surface area (Å²) in [7, 11) is 0. The molecule has 3 aromatic rings. The first-order chi connectivity index (χ1) is 12.7. The second kappa shape index (κ2) is 7.09. The molecule has 6 nitrogen and oxygen atoms in total. The van der Waals surface area contributed by atoms with E-state index < -0.39 is 0 Å². The SMILES string of the molecule is O=C(NCc1ccc2c(c1)OCO2)c1cnn(Cc2ccccc2Cl)c1. The number of halogens is 1. The van der Waals surface area contributed by atoms with Crippen LogP contribution >= 0.6 is 11.6 Å². The largest absolute Gasteiger partial charge is 0.454 e.